The summed E-state index contributed by atoms with van der Waals surface area (Å²) in [6.45, 7) is 2.84. The predicted octanol–water partition coefficient (Wildman–Crippen LogP) is 3.93. The van der Waals surface area contributed by atoms with E-state index in [4.69, 9.17) is 30.7 Å². The first-order valence-corrected chi connectivity index (χ1v) is 8.81. The Morgan fingerprint density at radius 2 is 1.92 bits per heavy atom. The van der Waals surface area contributed by atoms with Gasteiger partial charge >= 0.3 is 0 Å². The van der Waals surface area contributed by atoms with Crippen molar-refractivity contribution < 1.29 is 9.15 Å². The third-order valence-electron chi connectivity index (χ3n) is 4.47. The van der Waals surface area contributed by atoms with E-state index in [0.717, 1.165) is 35.4 Å². The molecule has 0 radical (unpaired) electrons. The number of rotatable bonds is 2. The minimum Gasteiger partial charge on any atom is -0.432 e. The minimum atomic E-state index is 0.564. The molecule has 130 valence electrons. The monoisotopic (exact) mass is 366 g/mol. The summed E-state index contributed by atoms with van der Waals surface area (Å²) < 4.78 is 11.5. The highest BCUT2D eigenvalue weighted by Gasteiger charge is 2.22. The first-order chi connectivity index (χ1) is 12.8. The third kappa shape index (κ3) is 2.58. The lowest BCUT2D eigenvalue weighted by Gasteiger charge is -2.27. The van der Waals surface area contributed by atoms with Crippen LogP contribution in [0.5, 0.6) is 0 Å². The van der Waals surface area contributed by atoms with Crippen molar-refractivity contribution in [2.24, 2.45) is 0 Å². The van der Waals surface area contributed by atoms with Crippen LogP contribution in [0.3, 0.4) is 0 Å². The highest BCUT2D eigenvalue weighted by Crippen LogP contribution is 2.34. The molecule has 3 aromatic heterocycles. The summed E-state index contributed by atoms with van der Waals surface area (Å²) in [6.07, 6.45) is 1.71. The van der Waals surface area contributed by atoms with Gasteiger partial charge in [-0.3, -0.25) is 0 Å². The molecule has 7 heteroatoms. The molecule has 0 bridgehead atoms. The minimum absolute atomic E-state index is 0.564. The van der Waals surface area contributed by atoms with Crippen molar-refractivity contribution in [3.8, 4) is 11.4 Å². The van der Waals surface area contributed by atoms with Gasteiger partial charge in [-0.25, -0.2) is 15.0 Å². The molecule has 0 unspecified atom stereocenters. The Balaban J connectivity index is 1.79. The molecule has 1 fully saturated rings. The molecule has 0 saturated carbocycles. The number of ether oxygens (including phenoxy) is 1. The van der Waals surface area contributed by atoms with Crippen LogP contribution in [-0.2, 0) is 4.74 Å². The average molecular weight is 367 g/mol. The largest absolute Gasteiger partial charge is 0.432 e. The Morgan fingerprint density at radius 3 is 2.77 bits per heavy atom. The maximum atomic E-state index is 6.16. The number of pyridine rings is 1. The van der Waals surface area contributed by atoms with Gasteiger partial charge in [-0.15, -0.1) is 0 Å². The van der Waals surface area contributed by atoms with Gasteiger partial charge in [-0.1, -0.05) is 23.7 Å². The highest BCUT2D eigenvalue weighted by atomic mass is 35.5. The molecular formula is C19H15ClN4O2. The molecule has 4 heterocycles. The van der Waals surface area contributed by atoms with Crippen molar-refractivity contribution >= 4 is 39.6 Å². The molecule has 1 aromatic carbocycles. The van der Waals surface area contributed by atoms with Crippen LogP contribution in [0.1, 0.15) is 0 Å². The number of hydrogen-bond donors (Lipinski definition) is 0. The van der Waals surface area contributed by atoms with Gasteiger partial charge < -0.3 is 14.1 Å². The lowest BCUT2D eigenvalue weighted by atomic mass is 10.2. The van der Waals surface area contributed by atoms with Gasteiger partial charge in [0.25, 0.3) is 0 Å². The van der Waals surface area contributed by atoms with Crippen LogP contribution >= 0.6 is 11.6 Å². The second kappa shape index (κ2) is 6.23. The van der Waals surface area contributed by atoms with Gasteiger partial charge in [-0.05, 0) is 24.3 Å². The number of aromatic nitrogens is 3. The maximum Gasteiger partial charge on any atom is 0.229 e. The molecule has 0 aliphatic carbocycles. The summed E-state index contributed by atoms with van der Waals surface area (Å²) in [5.41, 5.74) is 2.85. The van der Waals surface area contributed by atoms with Crippen LogP contribution < -0.4 is 4.90 Å². The Kier molecular flexibility index (Phi) is 3.72. The number of morpholine rings is 1. The first-order valence-electron chi connectivity index (χ1n) is 8.43. The van der Waals surface area contributed by atoms with Crippen LogP contribution in [0.4, 0.5) is 5.82 Å². The quantitative estimate of drug-likeness (QED) is 0.535. The van der Waals surface area contributed by atoms with Crippen LogP contribution in [0.2, 0.25) is 5.02 Å². The summed E-state index contributed by atoms with van der Waals surface area (Å²) in [7, 11) is 0. The van der Waals surface area contributed by atoms with Crippen LogP contribution in [0, 0.1) is 0 Å². The maximum absolute atomic E-state index is 6.16. The van der Waals surface area contributed by atoms with Crippen LogP contribution in [0.25, 0.3) is 33.6 Å². The number of halogens is 1. The molecule has 26 heavy (non-hydrogen) atoms. The van der Waals surface area contributed by atoms with Crippen molar-refractivity contribution in [3.63, 3.8) is 0 Å². The molecular weight excluding hydrogens is 352 g/mol. The molecule has 4 aromatic rings. The normalized spacial score (nSPS) is 15.0. The fourth-order valence-corrected chi connectivity index (χ4v) is 3.40. The van der Waals surface area contributed by atoms with Crippen molar-refractivity contribution in [3.05, 3.63) is 47.6 Å². The van der Waals surface area contributed by atoms with Gasteiger partial charge in [-0.2, -0.15) is 0 Å². The van der Waals surface area contributed by atoms with E-state index in [2.05, 4.69) is 9.88 Å². The van der Waals surface area contributed by atoms with E-state index in [0.29, 0.717) is 35.4 Å². The van der Waals surface area contributed by atoms with Crippen LogP contribution in [0.15, 0.2) is 47.0 Å². The van der Waals surface area contributed by atoms with Gasteiger partial charge in [0.1, 0.15) is 5.52 Å². The van der Waals surface area contributed by atoms with Crippen molar-refractivity contribution in [2.45, 2.75) is 0 Å². The zero-order valence-electron chi connectivity index (χ0n) is 13.9. The van der Waals surface area contributed by atoms with Crippen molar-refractivity contribution in [1.82, 2.24) is 15.0 Å². The van der Waals surface area contributed by atoms with E-state index in [1.54, 1.807) is 6.20 Å². The molecule has 0 spiro atoms. The predicted molar refractivity (Wildman–Crippen MR) is 101 cm³/mol. The Bertz CT molecular complexity index is 1110. The second-order valence-corrected chi connectivity index (χ2v) is 6.55. The van der Waals surface area contributed by atoms with E-state index < -0.39 is 0 Å². The van der Waals surface area contributed by atoms with Gasteiger partial charge in [0.15, 0.2) is 17.2 Å². The van der Waals surface area contributed by atoms with Crippen molar-refractivity contribution in [1.29, 1.82) is 0 Å². The fraction of sp³-hybridized carbons (Fsp3) is 0.211. The molecule has 1 aliphatic rings. The molecule has 0 atom stereocenters. The summed E-state index contributed by atoms with van der Waals surface area (Å²) in [6, 6.07) is 11.4. The smallest absolute Gasteiger partial charge is 0.229 e. The number of hydrogen-bond acceptors (Lipinski definition) is 6. The number of nitrogens with zero attached hydrogens (tertiary/aromatic N) is 4. The summed E-state index contributed by atoms with van der Waals surface area (Å²) in [5.74, 6) is 1.39. The number of anilines is 1. The van der Waals surface area contributed by atoms with Gasteiger partial charge in [0, 0.05) is 29.9 Å². The molecule has 1 aliphatic heterocycles. The van der Waals surface area contributed by atoms with E-state index >= 15 is 0 Å². The number of furan rings is 1. The summed E-state index contributed by atoms with van der Waals surface area (Å²) in [4.78, 5) is 16.1. The average Bonchev–Trinajstić information content (AvgIpc) is 3.06. The fourth-order valence-electron chi connectivity index (χ4n) is 3.21. The Hall–Kier alpha value is -2.70. The van der Waals surface area contributed by atoms with Gasteiger partial charge in [0.05, 0.1) is 18.6 Å². The molecule has 0 N–H and O–H groups in total. The van der Waals surface area contributed by atoms with Crippen LogP contribution in [-0.4, -0.2) is 41.3 Å². The van der Waals surface area contributed by atoms with E-state index in [1.807, 2.05) is 36.4 Å². The molecule has 5 rings (SSSR count). The summed E-state index contributed by atoms with van der Waals surface area (Å²) >= 11 is 6.16. The van der Waals surface area contributed by atoms with Gasteiger partial charge in [0.2, 0.25) is 5.71 Å². The standard InChI is InChI=1S/C19H15ClN4O2/c20-13-4-1-3-12(11-13)17-22-15-14-5-2-6-21-19(14)26-16(15)18(23-17)24-7-9-25-10-8-24/h1-6,11H,7-10H2. The number of benzene rings is 1. The second-order valence-electron chi connectivity index (χ2n) is 6.12. The van der Waals surface area contributed by atoms with E-state index in [9.17, 15) is 0 Å². The third-order valence-corrected chi connectivity index (χ3v) is 4.70. The molecule has 6 nitrogen and oxygen atoms in total. The topological polar surface area (TPSA) is 64.3 Å². The molecule has 0 amide bonds. The number of fused-ring (bicyclic) bond motifs is 3. The zero-order valence-corrected chi connectivity index (χ0v) is 14.6. The molecule has 1 saturated heterocycles. The SMILES string of the molecule is Clc1cccc(-c2nc(N3CCOCC3)c3oc4ncccc4c3n2)c1. The lowest BCUT2D eigenvalue weighted by molar-refractivity contribution is 0.122. The summed E-state index contributed by atoms with van der Waals surface area (Å²) in [5, 5.41) is 1.53. The van der Waals surface area contributed by atoms with Crippen molar-refractivity contribution in [2.75, 3.05) is 31.2 Å². The Labute approximate surface area is 154 Å². The first kappa shape index (κ1) is 15.5. The lowest BCUT2D eigenvalue weighted by Crippen LogP contribution is -2.37. The van der Waals surface area contributed by atoms with E-state index in [-0.39, 0.29) is 0 Å². The van der Waals surface area contributed by atoms with E-state index in [1.165, 1.54) is 0 Å². The highest BCUT2D eigenvalue weighted by molar-refractivity contribution is 6.30. The Morgan fingerprint density at radius 1 is 1.04 bits per heavy atom. The zero-order chi connectivity index (χ0) is 17.5.